The van der Waals surface area contributed by atoms with Crippen molar-refractivity contribution in [3.8, 4) is 0 Å². The molecule has 14 atom stereocenters. The second-order valence-corrected chi connectivity index (χ2v) is 22.3. The number of hydrogen-bond acceptors (Lipinski definition) is 15. The molecule has 0 radical (unpaired) electrons. The van der Waals surface area contributed by atoms with Gasteiger partial charge in [-0.15, -0.1) is 0 Å². The maximum absolute atomic E-state index is 17.8. The Bertz CT molecular complexity index is 2890. The second-order valence-electron chi connectivity index (χ2n) is 21.2. The number of alkyl halides is 2. The summed E-state index contributed by atoms with van der Waals surface area (Å²) in [5.74, 6) is -7.25. The highest BCUT2D eigenvalue weighted by Crippen LogP contribution is 2.72. The molecular formula is C55H64F2N6O14S. The van der Waals surface area contributed by atoms with Gasteiger partial charge < -0.3 is 55.8 Å². The lowest BCUT2D eigenvalue weighted by Crippen LogP contribution is -2.70. The van der Waals surface area contributed by atoms with E-state index in [2.05, 4.69) is 31.6 Å². The maximum Gasteiger partial charge on any atom is 0.305 e. The summed E-state index contributed by atoms with van der Waals surface area (Å²) < 4.78 is 52.0. The van der Waals surface area contributed by atoms with Crippen LogP contribution in [0.4, 0.5) is 14.5 Å². The number of aliphatic carboxylic acids is 1. The highest BCUT2D eigenvalue weighted by Gasteiger charge is 2.80. The van der Waals surface area contributed by atoms with E-state index in [0.29, 0.717) is 23.4 Å². The van der Waals surface area contributed by atoms with Crippen molar-refractivity contribution in [3.63, 3.8) is 0 Å². The van der Waals surface area contributed by atoms with Crippen LogP contribution in [-0.2, 0) is 60.7 Å². The number of benzene rings is 2. The topological polar surface area (TPSA) is 302 Å². The number of carboxylic acids is 1. The van der Waals surface area contributed by atoms with Gasteiger partial charge in [0.15, 0.2) is 35.5 Å². The Kier molecular flexibility index (Phi) is 16.9. The zero-order valence-electron chi connectivity index (χ0n) is 43.6. The molecule has 20 nitrogen and oxygen atoms in total. The molecule has 3 aromatic rings. The number of Topliss-reactive ketones (excluding diaryl/α,β-unsaturated/α-hetero) is 1. The summed E-state index contributed by atoms with van der Waals surface area (Å²) >= 11 is 1.05. The zero-order valence-corrected chi connectivity index (χ0v) is 44.4. The molecule has 1 aromatic heterocycles. The normalized spacial score (nSPS) is 30.2. The van der Waals surface area contributed by atoms with Gasteiger partial charge in [-0.25, -0.2) is 13.8 Å². The van der Waals surface area contributed by atoms with Crippen LogP contribution in [0.2, 0.25) is 0 Å². The van der Waals surface area contributed by atoms with Gasteiger partial charge in [0.25, 0.3) is 0 Å². The fourth-order valence-electron chi connectivity index (χ4n) is 12.4. The number of carboxylic acid groups (broad SMARTS) is 1. The number of ether oxygens (including phenoxy) is 2. The molecule has 2 aromatic carbocycles. The Hall–Kier alpha value is -6.66. The molecule has 0 bridgehead atoms. The van der Waals surface area contributed by atoms with E-state index >= 15 is 8.78 Å². The monoisotopic (exact) mass is 1100 g/mol. The Morgan fingerprint density at radius 2 is 1.64 bits per heavy atom. The highest BCUT2D eigenvalue weighted by molar-refractivity contribution is 7.99. The average molecular weight is 1100 g/mol. The third-order valence-electron chi connectivity index (χ3n) is 16.4. The van der Waals surface area contributed by atoms with Crippen LogP contribution in [0.25, 0.3) is 0 Å². The molecule has 4 aliphatic carbocycles. The summed E-state index contributed by atoms with van der Waals surface area (Å²) in [5.41, 5.74) is -4.10. The van der Waals surface area contributed by atoms with Gasteiger partial charge in [0, 0.05) is 47.4 Å². The lowest BCUT2D eigenvalue weighted by molar-refractivity contribution is -0.235. The van der Waals surface area contributed by atoms with Gasteiger partial charge in [0.05, 0.1) is 29.6 Å². The van der Waals surface area contributed by atoms with Crippen molar-refractivity contribution in [1.82, 2.24) is 26.3 Å². The molecule has 8 rings (SSSR count). The molecule has 0 spiro atoms. The van der Waals surface area contributed by atoms with Crippen LogP contribution in [0.15, 0.2) is 89.4 Å². The highest BCUT2D eigenvalue weighted by atomic mass is 32.2. The number of anilines is 1. The molecule has 8 N–H and O–H groups in total. The van der Waals surface area contributed by atoms with E-state index in [1.165, 1.54) is 39.2 Å². The minimum Gasteiger partial charge on any atom is -0.481 e. The molecule has 78 heavy (non-hydrogen) atoms. The van der Waals surface area contributed by atoms with Crippen LogP contribution in [0.3, 0.4) is 0 Å². The van der Waals surface area contributed by atoms with E-state index in [0.717, 1.165) is 35.4 Å². The van der Waals surface area contributed by atoms with Gasteiger partial charge in [-0.05, 0) is 99.6 Å². The number of nitrogens with zero attached hydrogens (tertiary/aromatic N) is 1. The Morgan fingerprint density at radius 1 is 0.923 bits per heavy atom. The largest absolute Gasteiger partial charge is 0.481 e. The number of aliphatic hydroxyl groups excluding tert-OH is 2. The number of aliphatic hydroxyl groups is 2. The molecule has 1 unspecified atom stereocenters. The number of hydrogen-bond donors (Lipinski definition) is 8. The van der Waals surface area contributed by atoms with Gasteiger partial charge in [-0.2, -0.15) is 11.8 Å². The van der Waals surface area contributed by atoms with Crippen LogP contribution in [0.1, 0.15) is 88.5 Å². The van der Waals surface area contributed by atoms with Crippen LogP contribution in [0.5, 0.6) is 0 Å². The van der Waals surface area contributed by atoms with Gasteiger partial charge in [-0.3, -0.25) is 38.4 Å². The summed E-state index contributed by atoms with van der Waals surface area (Å²) in [7, 11) is 0. The van der Waals surface area contributed by atoms with Crippen LogP contribution >= 0.6 is 11.8 Å². The number of oxazole rings is 1. The number of fused-ring (bicyclic) bond motifs is 7. The van der Waals surface area contributed by atoms with Crippen molar-refractivity contribution in [2.24, 2.45) is 22.7 Å². The van der Waals surface area contributed by atoms with E-state index in [1.54, 1.807) is 43.5 Å². The van der Waals surface area contributed by atoms with Crippen molar-refractivity contribution in [3.05, 3.63) is 107 Å². The third kappa shape index (κ3) is 10.9. The van der Waals surface area contributed by atoms with E-state index in [4.69, 9.17) is 19.0 Å². The number of rotatable bonds is 21. The first kappa shape index (κ1) is 57.5. The standard InChI is InChI=1S/C55H64F2N6O14S/c1-28(61-49(73)40(19-34-26-75-27-59-34)63-45(68)14-16-58-50(74)41(78-5)23-46(69)70)47(71)60-29(2)48(72)62-33-8-6-7-31(18-33)17-30-9-11-32(12-10-30)51-76-44-22-36-37-21-39(56)38-20-35(65)13-15-52(38,3)54(37,57)42(66)24-53(36,4)55(44,77-51)43(67)25-64/h6-13,15,18,20,26-29,36-37,39-42,44,51,64,66H,14,16-17,19,21-25H2,1-5H3,(H,58,74)(H,60,71)(H,61,73)(H,62,72)(H,63,68)(H,69,70)/t28-,29-,36-,37-,39-,40-,41?,42-,44+,51+,52-,53-,54-,55+/m0/s1. The van der Waals surface area contributed by atoms with Gasteiger partial charge in [0.2, 0.25) is 29.5 Å². The van der Waals surface area contributed by atoms with Gasteiger partial charge in [-0.1, -0.05) is 49.4 Å². The van der Waals surface area contributed by atoms with Crippen molar-refractivity contribution in [2.45, 2.75) is 132 Å². The van der Waals surface area contributed by atoms with Crippen molar-refractivity contribution in [1.29, 1.82) is 0 Å². The number of ketones is 2. The van der Waals surface area contributed by atoms with Crippen molar-refractivity contribution < 1.29 is 76.3 Å². The summed E-state index contributed by atoms with van der Waals surface area (Å²) in [4.78, 5) is 107. The Morgan fingerprint density at radius 3 is 2.32 bits per heavy atom. The summed E-state index contributed by atoms with van der Waals surface area (Å²) in [6.07, 6.45) is 1.48. The first-order valence-electron chi connectivity index (χ1n) is 25.7. The quantitative estimate of drug-likeness (QED) is 0.0759. The lowest BCUT2D eigenvalue weighted by Gasteiger charge is -2.63. The second kappa shape index (κ2) is 23.0. The number of nitrogens with one attached hydrogen (secondary N) is 5. The number of carbonyl (C=O) groups is 8. The minimum absolute atomic E-state index is 0.0145. The van der Waals surface area contributed by atoms with E-state index in [-0.39, 0.29) is 44.2 Å². The average Bonchev–Trinajstić information content (AvgIpc) is 4.18. The summed E-state index contributed by atoms with van der Waals surface area (Å²) in [6.45, 7) is 5.04. The van der Waals surface area contributed by atoms with E-state index < -0.39 is 142 Å². The Balaban J connectivity index is 0.847. The van der Waals surface area contributed by atoms with Crippen molar-refractivity contribution in [2.75, 3.05) is 24.7 Å². The number of allylic oxidation sites excluding steroid dienone is 4. The molecular weight excluding hydrogens is 1040 g/mol. The van der Waals surface area contributed by atoms with Crippen LogP contribution in [-0.4, -0.2) is 140 Å². The lowest BCUT2D eigenvalue weighted by atomic mass is 9.44. The molecule has 418 valence electrons. The molecule has 5 aliphatic rings. The number of thioether (sulfide) groups is 1. The van der Waals surface area contributed by atoms with Crippen LogP contribution < -0.4 is 26.6 Å². The number of aromatic nitrogens is 1. The molecule has 4 fully saturated rings. The van der Waals surface area contributed by atoms with E-state index in [9.17, 15) is 48.6 Å². The van der Waals surface area contributed by atoms with Gasteiger partial charge >= 0.3 is 5.97 Å². The zero-order chi connectivity index (χ0) is 56.5. The predicted molar refractivity (Wildman–Crippen MR) is 276 cm³/mol. The smallest absolute Gasteiger partial charge is 0.305 e. The summed E-state index contributed by atoms with van der Waals surface area (Å²) in [5, 5.41) is 43.4. The number of amides is 5. The SMILES string of the molecule is CSC(CC(=O)O)C(=O)NCCC(=O)N[C@@H](Cc1cocn1)C(=O)N[C@@H](C)C(=O)N[C@@H](C)C(=O)Nc1cccc(Cc2ccc([C@@H]3O[C@@H]4C[C@H]5[C@@H]6C[C@H](F)C7=CC(=O)C=C[C@]7(C)[C@@]6(F)[C@@H](O)C[C@]5(C)[C@]4(C(=O)CO)O3)cc2)c1. The summed E-state index contributed by atoms with van der Waals surface area (Å²) in [6, 6.07) is 10.8. The molecule has 23 heteroatoms. The number of carbonyl (C=O) groups excluding carboxylic acids is 7. The van der Waals surface area contributed by atoms with E-state index in [1.807, 2.05) is 18.2 Å². The minimum atomic E-state index is -2.38. The predicted octanol–water partition coefficient (Wildman–Crippen LogP) is 3.30. The molecule has 1 saturated heterocycles. The number of halogens is 2. The Labute approximate surface area is 452 Å². The molecule has 3 saturated carbocycles. The fourth-order valence-corrected chi connectivity index (χ4v) is 13.0. The molecule has 1 aliphatic heterocycles. The first-order valence-corrected chi connectivity index (χ1v) is 27.0. The van der Waals surface area contributed by atoms with Gasteiger partial charge in [0.1, 0.15) is 37.2 Å². The maximum atomic E-state index is 17.8. The fraction of sp³-hybridized carbons (Fsp3) is 0.509. The van der Waals surface area contributed by atoms with Crippen molar-refractivity contribution >= 4 is 64.5 Å². The third-order valence-corrected chi connectivity index (χ3v) is 17.4. The first-order chi connectivity index (χ1) is 37.0. The van der Waals surface area contributed by atoms with Crippen LogP contribution in [0, 0.1) is 22.7 Å². The molecule has 5 amide bonds. The molecule has 2 heterocycles.